The van der Waals surface area contributed by atoms with Gasteiger partial charge in [-0.05, 0) is 61.9 Å². The molecule has 1 atom stereocenters. The Hall–Kier alpha value is -3.08. The van der Waals surface area contributed by atoms with Crippen molar-refractivity contribution in [3.63, 3.8) is 0 Å². The summed E-state index contributed by atoms with van der Waals surface area (Å²) in [5.74, 6) is 0.218. The Balaban J connectivity index is 1.70. The SMILES string of the molecule is C=CCNC(=O)c1ccccc1NC(=O)[C@@H](C)Oc1cccc2c1CCCC2. The smallest absolute Gasteiger partial charge is 0.265 e. The molecule has 0 radical (unpaired) electrons. The fourth-order valence-corrected chi connectivity index (χ4v) is 3.39. The quantitative estimate of drug-likeness (QED) is 0.719. The zero-order chi connectivity index (χ0) is 19.9. The first-order valence-electron chi connectivity index (χ1n) is 9.66. The number of hydrogen-bond acceptors (Lipinski definition) is 3. The molecule has 5 nitrogen and oxygen atoms in total. The standard InChI is InChI=1S/C23H26N2O3/c1-3-15-24-23(27)19-12-6-7-13-20(19)25-22(26)16(2)28-21-14-8-10-17-9-4-5-11-18(17)21/h3,6-8,10,12-14,16H,1,4-5,9,11,15H2,2H3,(H,24,27)(H,25,26)/t16-/m1/s1. The first-order chi connectivity index (χ1) is 13.6. The van der Waals surface area contributed by atoms with Crippen LogP contribution in [0.4, 0.5) is 5.69 Å². The van der Waals surface area contributed by atoms with Gasteiger partial charge in [-0.15, -0.1) is 6.58 Å². The Labute approximate surface area is 165 Å². The van der Waals surface area contributed by atoms with Crippen molar-refractivity contribution in [2.75, 3.05) is 11.9 Å². The molecule has 0 unspecified atom stereocenters. The summed E-state index contributed by atoms with van der Waals surface area (Å²) < 4.78 is 5.99. The first kappa shape index (κ1) is 19.7. The Morgan fingerprint density at radius 2 is 1.93 bits per heavy atom. The number of aryl methyl sites for hydroxylation is 1. The van der Waals surface area contributed by atoms with Gasteiger partial charge >= 0.3 is 0 Å². The van der Waals surface area contributed by atoms with Crippen LogP contribution in [0.5, 0.6) is 5.75 Å². The number of amides is 2. The number of fused-ring (bicyclic) bond motifs is 1. The van der Waals surface area contributed by atoms with E-state index in [2.05, 4.69) is 23.3 Å². The molecule has 5 heteroatoms. The number of hydrogen-bond donors (Lipinski definition) is 2. The van der Waals surface area contributed by atoms with Crippen molar-refractivity contribution < 1.29 is 14.3 Å². The summed E-state index contributed by atoms with van der Waals surface area (Å²) >= 11 is 0. The summed E-state index contributed by atoms with van der Waals surface area (Å²) in [5, 5.41) is 5.54. The van der Waals surface area contributed by atoms with Crippen LogP contribution in [-0.2, 0) is 17.6 Å². The molecule has 0 fully saturated rings. The van der Waals surface area contributed by atoms with Crippen LogP contribution in [0.25, 0.3) is 0 Å². The van der Waals surface area contributed by atoms with Crippen LogP contribution in [0.1, 0.15) is 41.3 Å². The van der Waals surface area contributed by atoms with Crippen molar-refractivity contribution >= 4 is 17.5 Å². The lowest BCUT2D eigenvalue weighted by Crippen LogP contribution is -2.32. The summed E-state index contributed by atoms with van der Waals surface area (Å²) in [6, 6.07) is 12.9. The number of para-hydroxylation sites is 1. The van der Waals surface area contributed by atoms with Crippen LogP contribution >= 0.6 is 0 Å². The molecule has 0 aromatic heterocycles. The second kappa shape index (κ2) is 9.22. The third-order valence-electron chi connectivity index (χ3n) is 4.86. The molecule has 2 N–H and O–H groups in total. The highest BCUT2D eigenvalue weighted by Gasteiger charge is 2.21. The maximum absolute atomic E-state index is 12.7. The lowest BCUT2D eigenvalue weighted by molar-refractivity contribution is -0.122. The third kappa shape index (κ3) is 4.60. The van der Waals surface area contributed by atoms with Crippen LogP contribution in [0.15, 0.2) is 55.1 Å². The van der Waals surface area contributed by atoms with Gasteiger partial charge < -0.3 is 15.4 Å². The molecule has 1 aliphatic carbocycles. The predicted molar refractivity (Wildman–Crippen MR) is 111 cm³/mol. The number of carbonyl (C=O) groups is 2. The summed E-state index contributed by atoms with van der Waals surface area (Å²) in [6.07, 6.45) is 5.29. The molecule has 0 saturated carbocycles. The summed E-state index contributed by atoms with van der Waals surface area (Å²) in [4.78, 5) is 25.0. The zero-order valence-corrected chi connectivity index (χ0v) is 16.2. The average molecular weight is 378 g/mol. The largest absolute Gasteiger partial charge is 0.481 e. The van der Waals surface area contributed by atoms with E-state index >= 15 is 0 Å². The number of anilines is 1. The molecule has 0 spiro atoms. The molecule has 146 valence electrons. The fraction of sp³-hybridized carbons (Fsp3) is 0.304. The number of ether oxygens (including phenoxy) is 1. The van der Waals surface area contributed by atoms with Gasteiger partial charge in [0.1, 0.15) is 5.75 Å². The highest BCUT2D eigenvalue weighted by atomic mass is 16.5. The molecule has 3 rings (SSSR count). The molecule has 28 heavy (non-hydrogen) atoms. The van der Waals surface area contributed by atoms with E-state index in [0.29, 0.717) is 17.8 Å². The van der Waals surface area contributed by atoms with E-state index in [-0.39, 0.29) is 11.8 Å². The molecule has 2 aromatic rings. The predicted octanol–water partition coefficient (Wildman–Crippen LogP) is 3.89. The lowest BCUT2D eigenvalue weighted by atomic mass is 9.91. The number of nitrogens with one attached hydrogen (secondary N) is 2. The highest BCUT2D eigenvalue weighted by Crippen LogP contribution is 2.30. The van der Waals surface area contributed by atoms with E-state index in [4.69, 9.17) is 4.74 Å². The molecule has 2 aromatic carbocycles. The van der Waals surface area contributed by atoms with Crippen molar-refractivity contribution in [3.8, 4) is 5.75 Å². The lowest BCUT2D eigenvalue weighted by Gasteiger charge is -2.22. The maximum Gasteiger partial charge on any atom is 0.265 e. The normalized spacial score (nSPS) is 13.8. The van der Waals surface area contributed by atoms with Crippen LogP contribution in [0.2, 0.25) is 0 Å². The van der Waals surface area contributed by atoms with E-state index in [9.17, 15) is 9.59 Å². The van der Waals surface area contributed by atoms with Crippen molar-refractivity contribution in [2.45, 2.75) is 38.7 Å². The van der Waals surface area contributed by atoms with Gasteiger partial charge in [-0.25, -0.2) is 0 Å². The Morgan fingerprint density at radius 3 is 2.75 bits per heavy atom. The van der Waals surface area contributed by atoms with Crippen molar-refractivity contribution in [1.29, 1.82) is 0 Å². The third-order valence-corrected chi connectivity index (χ3v) is 4.86. The Bertz CT molecular complexity index is 876. The van der Waals surface area contributed by atoms with E-state index in [0.717, 1.165) is 25.0 Å². The molecular weight excluding hydrogens is 352 g/mol. The second-order valence-corrected chi connectivity index (χ2v) is 6.89. The van der Waals surface area contributed by atoms with Crippen LogP contribution < -0.4 is 15.4 Å². The Morgan fingerprint density at radius 1 is 1.14 bits per heavy atom. The average Bonchev–Trinajstić information content (AvgIpc) is 2.72. The van der Waals surface area contributed by atoms with Gasteiger partial charge in [0, 0.05) is 6.54 Å². The summed E-state index contributed by atoms with van der Waals surface area (Å²) in [6.45, 7) is 5.67. The zero-order valence-electron chi connectivity index (χ0n) is 16.2. The van der Waals surface area contributed by atoms with E-state index in [1.165, 1.54) is 17.5 Å². The number of benzene rings is 2. The van der Waals surface area contributed by atoms with Crippen molar-refractivity contribution in [1.82, 2.24) is 5.32 Å². The second-order valence-electron chi connectivity index (χ2n) is 6.89. The van der Waals surface area contributed by atoms with Crippen LogP contribution in [0, 0.1) is 0 Å². The minimum Gasteiger partial charge on any atom is -0.481 e. The topological polar surface area (TPSA) is 67.4 Å². The van der Waals surface area contributed by atoms with E-state index in [1.807, 2.05) is 12.1 Å². The van der Waals surface area contributed by atoms with Gasteiger partial charge in [-0.3, -0.25) is 9.59 Å². The summed E-state index contributed by atoms with van der Waals surface area (Å²) in [5.41, 5.74) is 3.37. The molecule has 0 aliphatic heterocycles. The van der Waals surface area contributed by atoms with Gasteiger partial charge in [-0.2, -0.15) is 0 Å². The van der Waals surface area contributed by atoms with Gasteiger partial charge in [-0.1, -0.05) is 30.3 Å². The van der Waals surface area contributed by atoms with E-state index in [1.54, 1.807) is 37.3 Å². The fourth-order valence-electron chi connectivity index (χ4n) is 3.39. The minimum atomic E-state index is -0.683. The number of carbonyl (C=O) groups excluding carboxylic acids is 2. The summed E-state index contributed by atoms with van der Waals surface area (Å²) in [7, 11) is 0. The van der Waals surface area contributed by atoms with Crippen LogP contribution in [0.3, 0.4) is 0 Å². The van der Waals surface area contributed by atoms with Crippen LogP contribution in [-0.4, -0.2) is 24.5 Å². The van der Waals surface area contributed by atoms with Gasteiger partial charge in [0.25, 0.3) is 11.8 Å². The molecule has 1 aliphatic rings. The highest BCUT2D eigenvalue weighted by molar-refractivity contribution is 6.04. The molecule has 0 saturated heterocycles. The monoisotopic (exact) mass is 378 g/mol. The van der Waals surface area contributed by atoms with Gasteiger partial charge in [0.05, 0.1) is 11.3 Å². The molecule has 0 heterocycles. The van der Waals surface area contributed by atoms with Crippen molar-refractivity contribution in [2.24, 2.45) is 0 Å². The minimum absolute atomic E-state index is 0.262. The number of rotatable bonds is 7. The van der Waals surface area contributed by atoms with Crippen molar-refractivity contribution in [3.05, 3.63) is 71.8 Å². The Kier molecular flexibility index (Phi) is 6.48. The van der Waals surface area contributed by atoms with Gasteiger partial charge in [0.2, 0.25) is 0 Å². The van der Waals surface area contributed by atoms with Gasteiger partial charge in [0.15, 0.2) is 6.10 Å². The molecular formula is C23H26N2O3. The first-order valence-corrected chi connectivity index (χ1v) is 9.66. The molecule has 2 amide bonds. The van der Waals surface area contributed by atoms with E-state index < -0.39 is 6.10 Å². The molecule has 0 bridgehead atoms. The maximum atomic E-state index is 12.7.